The molecular weight excluding hydrogens is 251 g/mol. The third-order valence-corrected chi connectivity index (χ3v) is 1.44. The highest BCUT2D eigenvalue weighted by atomic mass is 35.5. The molecule has 0 aromatic rings. The Morgan fingerprint density at radius 2 is 1.62 bits per heavy atom. The number of hydrogen-bond donors (Lipinski definition) is 2. The molecule has 16 heavy (non-hydrogen) atoms. The van der Waals surface area contributed by atoms with Gasteiger partial charge >= 0.3 is 6.09 Å². The van der Waals surface area contributed by atoms with Gasteiger partial charge in [0.2, 0.25) is 0 Å². The summed E-state index contributed by atoms with van der Waals surface area (Å²) in [7, 11) is 0. The van der Waals surface area contributed by atoms with E-state index in [2.05, 4.69) is 5.32 Å². The highest BCUT2D eigenvalue weighted by Gasteiger charge is 2.16. The molecule has 0 heterocycles. The minimum absolute atomic E-state index is 0. The summed E-state index contributed by atoms with van der Waals surface area (Å²) >= 11 is 0. The van der Waals surface area contributed by atoms with Crippen LogP contribution in [0.1, 0.15) is 41.0 Å². The fourth-order valence-electron chi connectivity index (χ4n) is 0.801. The third-order valence-electron chi connectivity index (χ3n) is 1.44. The van der Waals surface area contributed by atoms with Crippen molar-refractivity contribution in [1.82, 2.24) is 5.32 Å². The zero-order valence-corrected chi connectivity index (χ0v) is 12.3. The molecule has 6 heteroatoms. The molecule has 0 aliphatic rings. The quantitative estimate of drug-likeness (QED) is 0.831. The molecule has 0 unspecified atom stereocenters. The lowest BCUT2D eigenvalue weighted by molar-refractivity contribution is 0.0525. The highest BCUT2D eigenvalue weighted by Crippen LogP contribution is 2.07. The molecule has 0 rings (SSSR count). The van der Waals surface area contributed by atoms with Crippen molar-refractivity contribution in [2.75, 3.05) is 6.54 Å². The highest BCUT2D eigenvalue weighted by molar-refractivity contribution is 5.85. The number of hydrogen-bond acceptors (Lipinski definition) is 3. The van der Waals surface area contributed by atoms with E-state index in [1.807, 2.05) is 34.6 Å². The number of ether oxygens (including phenoxy) is 1. The van der Waals surface area contributed by atoms with Gasteiger partial charge in [-0.3, -0.25) is 0 Å². The van der Waals surface area contributed by atoms with Crippen molar-refractivity contribution >= 4 is 30.9 Å². The van der Waals surface area contributed by atoms with E-state index in [4.69, 9.17) is 10.5 Å². The average molecular weight is 275 g/mol. The van der Waals surface area contributed by atoms with E-state index in [1.165, 1.54) is 0 Å². The molecule has 3 N–H and O–H groups in total. The smallest absolute Gasteiger partial charge is 0.407 e. The molecule has 0 spiro atoms. The Balaban J connectivity index is -0.000000845. The minimum atomic E-state index is -0.442. The second kappa shape index (κ2) is 7.98. The van der Waals surface area contributed by atoms with Crippen molar-refractivity contribution < 1.29 is 9.53 Å². The van der Waals surface area contributed by atoms with Gasteiger partial charge in [0.25, 0.3) is 0 Å². The summed E-state index contributed by atoms with van der Waals surface area (Å²) in [6.45, 7) is 9.88. The zero-order valence-electron chi connectivity index (χ0n) is 10.6. The van der Waals surface area contributed by atoms with Crippen LogP contribution in [0.3, 0.4) is 0 Å². The van der Waals surface area contributed by atoms with E-state index in [0.717, 1.165) is 6.42 Å². The monoisotopic (exact) mass is 274 g/mol. The Morgan fingerprint density at radius 1 is 1.19 bits per heavy atom. The second-order valence-corrected chi connectivity index (χ2v) is 5.17. The Labute approximate surface area is 110 Å². The lowest BCUT2D eigenvalue weighted by Crippen LogP contribution is -2.39. The van der Waals surface area contributed by atoms with E-state index in [0.29, 0.717) is 6.54 Å². The van der Waals surface area contributed by atoms with Gasteiger partial charge in [-0.05, 0) is 41.0 Å². The van der Waals surface area contributed by atoms with Crippen molar-refractivity contribution in [3.63, 3.8) is 0 Å². The first-order chi connectivity index (χ1) is 6.10. The summed E-state index contributed by atoms with van der Waals surface area (Å²) in [4.78, 5) is 11.2. The first kappa shape index (κ1) is 21.1. The first-order valence-corrected chi connectivity index (χ1v) is 4.86. The van der Waals surface area contributed by atoms with E-state index >= 15 is 0 Å². The van der Waals surface area contributed by atoms with Crippen molar-refractivity contribution in [3.05, 3.63) is 0 Å². The fraction of sp³-hybridized carbons (Fsp3) is 0.900. The van der Waals surface area contributed by atoms with Crippen molar-refractivity contribution in [1.29, 1.82) is 0 Å². The number of amides is 1. The van der Waals surface area contributed by atoms with E-state index in [-0.39, 0.29) is 36.4 Å². The molecular formula is C10H24Cl2N2O2. The van der Waals surface area contributed by atoms with E-state index < -0.39 is 5.60 Å². The van der Waals surface area contributed by atoms with Crippen LogP contribution in [-0.4, -0.2) is 23.8 Å². The number of rotatable bonds is 3. The van der Waals surface area contributed by atoms with Crippen LogP contribution < -0.4 is 11.1 Å². The summed E-state index contributed by atoms with van der Waals surface area (Å²) < 4.78 is 5.06. The Kier molecular flexibility index (Phi) is 10.5. The van der Waals surface area contributed by atoms with Gasteiger partial charge in [-0.1, -0.05) is 0 Å². The largest absolute Gasteiger partial charge is 0.444 e. The van der Waals surface area contributed by atoms with Crippen molar-refractivity contribution in [2.45, 2.75) is 52.2 Å². The van der Waals surface area contributed by atoms with Crippen molar-refractivity contribution in [2.24, 2.45) is 5.73 Å². The van der Waals surface area contributed by atoms with Crippen LogP contribution >= 0.6 is 24.8 Å². The van der Waals surface area contributed by atoms with E-state index in [1.54, 1.807) is 0 Å². The number of halogens is 2. The summed E-state index contributed by atoms with van der Waals surface area (Å²) in [6, 6.07) is 0. The maximum Gasteiger partial charge on any atom is 0.407 e. The predicted octanol–water partition coefficient (Wildman–Crippen LogP) is 2.48. The van der Waals surface area contributed by atoms with E-state index in [9.17, 15) is 4.79 Å². The number of nitrogens with two attached hydrogens (primary N) is 1. The molecule has 0 bridgehead atoms. The number of carbonyl (C=O) groups is 1. The molecule has 0 aromatic carbocycles. The second-order valence-electron chi connectivity index (χ2n) is 5.17. The Bertz CT molecular complexity index is 198. The van der Waals surface area contributed by atoms with Crippen LogP contribution in [-0.2, 0) is 4.74 Å². The fourth-order valence-corrected chi connectivity index (χ4v) is 0.801. The zero-order chi connectivity index (χ0) is 11.4. The van der Waals surface area contributed by atoms with Crippen LogP contribution in [0.15, 0.2) is 0 Å². The molecule has 0 saturated carbocycles. The van der Waals surface area contributed by atoms with Crippen LogP contribution in [0.25, 0.3) is 0 Å². The average Bonchev–Trinajstić information content (AvgIpc) is 1.78. The molecule has 0 atom stereocenters. The van der Waals surface area contributed by atoms with Gasteiger partial charge in [0.05, 0.1) is 0 Å². The summed E-state index contributed by atoms with van der Waals surface area (Å²) in [5.41, 5.74) is 5.06. The molecule has 0 aliphatic carbocycles. The van der Waals surface area contributed by atoms with Crippen LogP contribution in [0.5, 0.6) is 0 Å². The summed E-state index contributed by atoms with van der Waals surface area (Å²) in [6.07, 6.45) is 0.341. The third kappa shape index (κ3) is 16.2. The summed E-state index contributed by atoms with van der Waals surface area (Å²) in [5, 5.41) is 2.65. The van der Waals surface area contributed by atoms with Crippen LogP contribution in [0.2, 0.25) is 0 Å². The molecule has 0 aromatic heterocycles. The molecule has 0 fully saturated rings. The van der Waals surface area contributed by atoms with Crippen LogP contribution in [0.4, 0.5) is 4.79 Å². The topological polar surface area (TPSA) is 64.3 Å². The molecule has 0 saturated heterocycles. The lowest BCUT2D eigenvalue weighted by atomic mass is 10.0. The Morgan fingerprint density at radius 3 is 1.94 bits per heavy atom. The number of alkyl carbamates (subject to hydrolysis) is 1. The van der Waals surface area contributed by atoms with Gasteiger partial charge in [-0.15, -0.1) is 24.8 Å². The maximum atomic E-state index is 11.2. The Hall–Kier alpha value is -0.190. The summed E-state index contributed by atoms with van der Waals surface area (Å²) in [5.74, 6) is 0. The number of carbonyl (C=O) groups excluding carboxylic acids is 1. The number of nitrogens with one attached hydrogen (secondary N) is 1. The van der Waals surface area contributed by atoms with Gasteiger partial charge in [-0.2, -0.15) is 0 Å². The van der Waals surface area contributed by atoms with Crippen molar-refractivity contribution in [3.8, 4) is 0 Å². The minimum Gasteiger partial charge on any atom is -0.444 e. The first-order valence-electron chi connectivity index (χ1n) is 4.86. The normalized spacial score (nSPS) is 10.9. The molecule has 0 aliphatic heterocycles. The van der Waals surface area contributed by atoms with Gasteiger partial charge in [0.1, 0.15) is 5.60 Å². The van der Waals surface area contributed by atoms with Gasteiger partial charge in [0, 0.05) is 12.1 Å². The van der Waals surface area contributed by atoms with Gasteiger partial charge in [-0.25, -0.2) is 4.79 Å². The predicted molar refractivity (Wildman–Crippen MR) is 71.6 cm³/mol. The SMILES string of the molecule is CC(C)(N)CCNC(=O)OC(C)(C)C.Cl.Cl. The standard InChI is InChI=1S/C10H22N2O2.2ClH/c1-9(2,3)14-8(13)12-7-6-10(4,5)11;;/h6-7,11H2,1-5H3,(H,12,13);2*1H. The molecule has 100 valence electrons. The molecule has 0 radical (unpaired) electrons. The van der Waals surface area contributed by atoms with Gasteiger partial charge in [0.15, 0.2) is 0 Å². The van der Waals surface area contributed by atoms with Gasteiger partial charge < -0.3 is 15.8 Å². The molecule has 4 nitrogen and oxygen atoms in total. The molecule has 1 amide bonds. The lowest BCUT2D eigenvalue weighted by Gasteiger charge is -2.21. The maximum absolute atomic E-state index is 11.2. The van der Waals surface area contributed by atoms with Crippen LogP contribution in [0, 0.1) is 0 Å².